The predicted octanol–water partition coefficient (Wildman–Crippen LogP) is 5.88. The largest absolute Gasteiger partial charge is 0.507 e. The zero-order chi connectivity index (χ0) is 24.5. The van der Waals surface area contributed by atoms with Gasteiger partial charge in [0.2, 0.25) is 0 Å². The summed E-state index contributed by atoms with van der Waals surface area (Å²) < 4.78 is 6.43. The number of Topliss-reactive ketones (excluding diaryl/α,β-unsaturated/α-hetero) is 1. The number of hydrogen-bond donors (Lipinski definition) is 1. The molecular formula is C28H24N2O4S. The molecule has 1 aliphatic heterocycles. The number of aryl methyl sites for hydroxylation is 1. The fourth-order valence-corrected chi connectivity index (χ4v) is 5.35. The summed E-state index contributed by atoms with van der Waals surface area (Å²) in [6.07, 6.45) is 0.889. The van der Waals surface area contributed by atoms with Gasteiger partial charge in [0.25, 0.3) is 5.78 Å². The van der Waals surface area contributed by atoms with E-state index in [1.54, 1.807) is 24.3 Å². The Bertz CT molecular complexity index is 1440. The summed E-state index contributed by atoms with van der Waals surface area (Å²) in [5, 5.41) is 11.7. The zero-order valence-corrected chi connectivity index (χ0v) is 20.2. The van der Waals surface area contributed by atoms with Crippen molar-refractivity contribution in [1.29, 1.82) is 0 Å². The minimum absolute atomic E-state index is 0.0406. The van der Waals surface area contributed by atoms with Crippen molar-refractivity contribution < 1.29 is 19.4 Å². The number of amides is 1. The van der Waals surface area contributed by atoms with Crippen LogP contribution in [0.15, 0.2) is 78.4 Å². The van der Waals surface area contributed by atoms with Gasteiger partial charge in [0.15, 0.2) is 5.13 Å². The van der Waals surface area contributed by atoms with Gasteiger partial charge < -0.3 is 9.84 Å². The Morgan fingerprint density at radius 2 is 1.77 bits per heavy atom. The van der Waals surface area contributed by atoms with Crippen LogP contribution in [0.25, 0.3) is 16.0 Å². The molecule has 0 spiro atoms. The summed E-state index contributed by atoms with van der Waals surface area (Å²) in [7, 11) is 0. The van der Waals surface area contributed by atoms with E-state index in [-0.39, 0.29) is 11.3 Å². The van der Waals surface area contributed by atoms with Gasteiger partial charge in [0.05, 0.1) is 28.4 Å². The number of carbonyl (C=O) groups is 2. The number of aromatic nitrogens is 1. The number of ketones is 1. The molecule has 1 fully saturated rings. The topological polar surface area (TPSA) is 79.7 Å². The Morgan fingerprint density at radius 1 is 1.03 bits per heavy atom. The molecule has 4 aromatic rings. The van der Waals surface area contributed by atoms with Gasteiger partial charge in [0, 0.05) is 5.56 Å². The fourth-order valence-electron chi connectivity index (χ4n) is 4.29. The summed E-state index contributed by atoms with van der Waals surface area (Å²) in [4.78, 5) is 32.8. The highest BCUT2D eigenvalue weighted by molar-refractivity contribution is 7.22. The summed E-state index contributed by atoms with van der Waals surface area (Å²) in [6, 6.07) is 21.3. The van der Waals surface area contributed by atoms with Crippen molar-refractivity contribution in [3.63, 3.8) is 0 Å². The van der Waals surface area contributed by atoms with Crippen LogP contribution >= 0.6 is 11.3 Å². The standard InChI is InChI=1S/C28H24N2O4S/c1-3-17-10-15-21-22(16-17)35-28(29-21)30-24(18-8-6-5-7-9-18)23(26(32)27(30)33)25(31)19-11-13-20(14-12-19)34-4-2/h5-16,24,31H,3-4H2,1-2H3/b25-23+/t24-/m1/s1. The first-order chi connectivity index (χ1) is 17.0. The van der Waals surface area contributed by atoms with Crippen LogP contribution in [0.4, 0.5) is 5.13 Å². The smallest absolute Gasteiger partial charge is 0.301 e. The van der Waals surface area contributed by atoms with Gasteiger partial charge in [0.1, 0.15) is 11.5 Å². The molecule has 1 N–H and O–H groups in total. The number of benzene rings is 3. The molecule has 0 aliphatic carbocycles. The molecule has 1 aliphatic rings. The Labute approximate surface area is 207 Å². The Kier molecular flexibility index (Phi) is 6.09. The van der Waals surface area contributed by atoms with Crippen LogP contribution in [0, 0.1) is 0 Å². The molecule has 5 rings (SSSR count). The van der Waals surface area contributed by atoms with Gasteiger partial charge in [-0.3, -0.25) is 14.5 Å². The second-order valence-electron chi connectivity index (χ2n) is 8.19. The van der Waals surface area contributed by atoms with Crippen LogP contribution < -0.4 is 9.64 Å². The molecule has 7 heteroatoms. The monoisotopic (exact) mass is 484 g/mol. The summed E-state index contributed by atoms with van der Waals surface area (Å²) in [6.45, 7) is 4.49. The number of thiazole rings is 1. The van der Waals surface area contributed by atoms with Crippen LogP contribution in [0.3, 0.4) is 0 Å². The fraction of sp³-hybridized carbons (Fsp3) is 0.179. The van der Waals surface area contributed by atoms with E-state index in [1.807, 2.05) is 49.4 Å². The molecule has 1 amide bonds. The van der Waals surface area contributed by atoms with Gasteiger partial charge >= 0.3 is 5.91 Å². The highest BCUT2D eigenvalue weighted by Gasteiger charge is 2.48. The molecule has 35 heavy (non-hydrogen) atoms. The maximum atomic E-state index is 13.4. The van der Waals surface area contributed by atoms with E-state index >= 15 is 0 Å². The van der Waals surface area contributed by atoms with E-state index in [0.717, 1.165) is 16.6 Å². The van der Waals surface area contributed by atoms with Gasteiger partial charge in [-0.15, -0.1) is 0 Å². The van der Waals surface area contributed by atoms with Gasteiger partial charge in [-0.05, 0) is 60.9 Å². The van der Waals surface area contributed by atoms with Gasteiger partial charge in [-0.2, -0.15) is 0 Å². The molecule has 0 saturated carbocycles. The van der Waals surface area contributed by atoms with Gasteiger partial charge in [-0.25, -0.2) is 4.98 Å². The number of rotatable bonds is 6. The molecule has 1 saturated heterocycles. The lowest BCUT2D eigenvalue weighted by molar-refractivity contribution is -0.132. The van der Waals surface area contributed by atoms with E-state index < -0.39 is 17.7 Å². The van der Waals surface area contributed by atoms with E-state index in [1.165, 1.54) is 21.8 Å². The molecular weight excluding hydrogens is 460 g/mol. The third kappa shape index (κ3) is 4.08. The number of carbonyl (C=O) groups excluding carboxylic acids is 2. The summed E-state index contributed by atoms with van der Waals surface area (Å²) >= 11 is 1.37. The maximum Gasteiger partial charge on any atom is 0.301 e. The Balaban J connectivity index is 1.66. The molecule has 2 heterocycles. The number of anilines is 1. The highest BCUT2D eigenvalue weighted by atomic mass is 32.1. The molecule has 0 unspecified atom stereocenters. The van der Waals surface area contributed by atoms with Crippen LogP contribution in [-0.4, -0.2) is 28.4 Å². The first-order valence-corrected chi connectivity index (χ1v) is 12.3. The average Bonchev–Trinajstić information content (AvgIpc) is 3.42. The Morgan fingerprint density at radius 3 is 2.46 bits per heavy atom. The second kappa shape index (κ2) is 9.35. The lowest BCUT2D eigenvalue weighted by Gasteiger charge is -2.22. The van der Waals surface area contributed by atoms with Crippen LogP contribution in [0.5, 0.6) is 5.75 Å². The van der Waals surface area contributed by atoms with E-state index in [4.69, 9.17) is 4.74 Å². The normalized spacial score (nSPS) is 17.3. The number of ether oxygens (including phenoxy) is 1. The minimum atomic E-state index is -0.797. The summed E-state index contributed by atoms with van der Waals surface area (Å²) in [5.41, 5.74) is 3.13. The minimum Gasteiger partial charge on any atom is -0.507 e. The quantitative estimate of drug-likeness (QED) is 0.210. The van der Waals surface area contributed by atoms with Crippen molar-refractivity contribution in [3.05, 3.63) is 95.1 Å². The Hall–Kier alpha value is -3.97. The van der Waals surface area contributed by atoms with Crippen molar-refractivity contribution >= 4 is 44.1 Å². The first kappa shape index (κ1) is 22.8. The third-order valence-corrected chi connectivity index (χ3v) is 7.07. The van der Waals surface area contributed by atoms with E-state index in [0.29, 0.717) is 28.6 Å². The van der Waals surface area contributed by atoms with Crippen LogP contribution in [0.2, 0.25) is 0 Å². The number of fused-ring (bicyclic) bond motifs is 1. The van der Waals surface area contributed by atoms with Crippen LogP contribution in [0.1, 0.15) is 36.6 Å². The SMILES string of the molecule is CCOc1ccc(/C(O)=C2\C(=O)C(=O)N(c3nc4ccc(CC)cc4s3)[C@@H]2c2ccccc2)cc1. The third-order valence-electron chi connectivity index (χ3n) is 6.05. The van der Waals surface area contributed by atoms with E-state index in [9.17, 15) is 14.7 Å². The molecule has 3 aromatic carbocycles. The number of aliphatic hydroxyl groups is 1. The lowest BCUT2D eigenvalue weighted by atomic mass is 9.95. The highest BCUT2D eigenvalue weighted by Crippen LogP contribution is 2.44. The van der Waals surface area contributed by atoms with Gasteiger partial charge in [-0.1, -0.05) is 54.7 Å². The molecule has 6 nitrogen and oxygen atoms in total. The van der Waals surface area contributed by atoms with Crippen molar-refractivity contribution in [2.75, 3.05) is 11.5 Å². The zero-order valence-electron chi connectivity index (χ0n) is 19.4. The maximum absolute atomic E-state index is 13.4. The van der Waals surface area contributed by atoms with Crippen LogP contribution in [-0.2, 0) is 16.0 Å². The van der Waals surface area contributed by atoms with Crippen molar-refractivity contribution in [1.82, 2.24) is 4.98 Å². The number of hydrogen-bond acceptors (Lipinski definition) is 6. The van der Waals surface area contributed by atoms with E-state index in [2.05, 4.69) is 18.0 Å². The van der Waals surface area contributed by atoms with Crippen molar-refractivity contribution in [2.24, 2.45) is 0 Å². The molecule has 1 atom stereocenters. The lowest BCUT2D eigenvalue weighted by Crippen LogP contribution is -2.29. The number of aliphatic hydroxyl groups excluding tert-OH is 1. The first-order valence-electron chi connectivity index (χ1n) is 11.5. The predicted molar refractivity (Wildman–Crippen MR) is 138 cm³/mol. The molecule has 176 valence electrons. The molecule has 0 bridgehead atoms. The number of nitrogens with zero attached hydrogens (tertiary/aromatic N) is 2. The second-order valence-corrected chi connectivity index (χ2v) is 9.20. The molecule has 0 radical (unpaired) electrons. The van der Waals surface area contributed by atoms with Crippen molar-refractivity contribution in [2.45, 2.75) is 26.3 Å². The molecule has 1 aromatic heterocycles. The van der Waals surface area contributed by atoms with Crippen molar-refractivity contribution in [3.8, 4) is 5.75 Å². The summed E-state index contributed by atoms with van der Waals surface area (Å²) in [5.74, 6) is -1.01. The average molecular weight is 485 g/mol.